The highest BCUT2D eigenvalue weighted by atomic mass is 16.6. The Balaban J connectivity index is 1.37. The minimum Gasteiger partial charge on any atom is -0.486 e. The second kappa shape index (κ2) is 5.95. The first-order chi connectivity index (χ1) is 11.3. The van der Waals surface area contributed by atoms with E-state index < -0.39 is 0 Å². The molecule has 2 aromatic rings. The van der Waals surface area contributed by atoms with E-state index in [1.54, 1.807) is 0 Å². The van der Waals surface area contributed by atoms with Gasteiger partial charge in [-0.05, 0) is 35.6 Å². The van der Waals surface area contributed by atoms with Crippen LogP contribution in [0.1, 0.15) is 23.5 Å². The molecule has 4 heteroatoms. The summed E-state index contributed by atoms with van der Waals surface area (Å²) in [6, 6.07) is 16.0. The summed E-state index contributed by atoms with van der Waals surface area (Å²) in [4.78, 5) is 12.3. The van der Waals surface area contributed by atoms with Crippen LogP contribution in [0.3, 0.4) is 0 Å². The fourth-order valence-corrected chi connectivity index (χ4v) is 3.06. The van der Waals surface area contributed by atoms with Gasteiger partial charge in [-0.25, -0.2) is 0 Å². The first kappa shape index (κ1) is 14.1. The topological polar surface area (TPSA) is 47.6 Å². The second-order valence-electron chi connectivity index (χ2n) is 6.06. The molecule has 1 aliphatic carbocycles. The standard InChI is InChI=1S/C19H19NO3/c21-19(20-12-13-4-2-1-3-5-13)16-11-15(16)14-6-7-17-18(10-14)23-9-8-22-17/h1-7,10,15-16H,8-9,11-12H2,(H,20,21)/t15-,16+/m1/s1. The van der Waals surface area contributed by atoms with E-state index in [1.807, 2.05) is 48.5 Å². The summed E-state index contributed by atoms with van der Waals surface area (Å²) in [6.07, 6.45) is 0.903. The number of hydrogen-bond donors (Lipinski definition) is 1. The lowest BCUT2D eigenvalue weighted by atomic mass is 10.1. The summed E-state index contributed by atoms with van der Waals surface area (Å²) in [6.45, 7) is 1.77. The van der Waals surface area contributed by atoms with Gasteiger partial charge in [0.05, 0.1) is 0 Å². The van der Waals surface area contributed by atoms with Crippen LogP contribution in [0, 0.1) is 5.92 Å². The highest BCUT2D eigenvalue weighted by Gasteiger charge is 2.44. The number of carbonyl (C=O) groups is 1. The average molecular weight is 309 g/mol. The first-order valence-electron chi connectivity index (χ1n) is 8.02. The Hall–Kier alpha value is -2.49. The van der Waals surface area contributed by atoms with Gasteiger partial charge in [0.1, 0.15) is 13.2 Å². The number of fused-ring (bicyclic) bond motifs is 1. The van der Waals surface area contributed by atoms with Gasteiger partial charge in [0.15, 0.2) is 11.5 Å². The molecule has 118 valence electrons. The molecule has 1 amide bonds. The van der Waals surface area contributed by atoms with E-state index >= 15 is 0 Å². The molecule has 1 aliphatic heterocycles. The van der Waals surface area contributed by atoms with Crippen molar-refractivity contribution in [2.24, 2.45) is 5.92 Å². The van der Waals surface area contributed by atoms with Crippen LogP contribution < -0.4 is 14.8 Å². The highest BCUT2D eigenvalue weighted by molar-refractivity contribution is 5.83. The predicted octanol–water partition coefficient (Wildman–Crippen LogP) is 2.88. The van der Waals surface area contributed by atoms with Crippen LogP contribution in [0.15, 0.2) is 48.5 Å². The largest absolute Gasteiger partial charge is 0.486 e. The predicted molar refractivity (Wildman–Crippen MR) is 86.6 cm³/mol. The molecule has 1 fully saturated rings. The fraction of sp³-hybridized carbons (Fsp3) is 0.316. The van der Waals surface area contributed by atoms with Crippen molar-refractivity contribution in [3.05, 3.63) is 59.7 Å². The average Bonchev–Trinajstić information content (AvgIpc) is 3.41. The molecule has 0 bridgehead atoms. The van der Waals surface area contributed by atoms with Crippen molar-refractivity contribution >= 4 is 5.91 Å². The Kier molecular flexibility index (Phi) is 3.66. The molecule has 1 saturated carbocycles. The molecule has 4 rings (SSSR count). The van der Waals surface area contributed by atoms with Crippen molar-refractivity contribution in [2.75, 3.05) is 13.2 Å². The number of carbonyl (C=O) groups excluding carboxylic acids is 1. The quantitative estimate of drug-likeness (QED) is 0.944. The molecule has 0 radical (unpaired) electrons. The van der Waals surface area contributed by atoms with Crippen molar-refractivity contribution in [3.8, 4) is 11.5 Å². The minimum atomic E-state index is 0.0706. The van der Waals surface area contributed by atoms with Crippen LogP contribution in [0.2, 0.25) is 0 Å². The zero-order chi connectivity index (χ0) is 15.6. The Morgan fingerprint density at radius 2 is 1.83 bits per heavy atom. The van der Waals surface area contributed by atoms with Gasteiger partial charge in [-0.2, -0.15) is 0 Å². The third-order valence-corrected chi connectivity index (χ3v) is 4.43. The molecule has 4 nitrogen and oxygen atoms in total. The lowest BCUT2D eigenvalue weighted by Crippen LogP contribution is -2.24. The lowest BCUT2D eigenvalue weighted by Gasteiger charge is -2.18. The summed E-state index contributed by atoms with van der Waals surface area (Å²) in [7, 11) is 0. The first-order valence-corrected chi connectivity index (χ1v) is 8.02. The molecule has 0 saturated heterocycles. The molecular formula is C19H19NO3. The third kappa shape index (κ3) is 3.02. The molecule has 0 aromatic heterocycles. The van der Waals surface area contributed by atoms with Crippen molar-refractivity contribution in [2.45, 2.75) is 18.9 Å². The zero-order valence-corrected chi connectivity index (χ0v) is 12.8. The normalized spacial score (nSPS) is 21.6. The van der Waals surface area contributed by atoms with Crippen LogP contribution in [-0.2, 0) is 11.3 Å². The van der Waals surface area contributed by atoms with E-state index in [1.165, 1.54) is 0 Å². The molecular weight excluding hydrogens is 290 g/mol. The van der Waals surface area contributed by atoms with E-state index in [0.29, 0.717) is 25.7 Å². The molecule has 0 unspecified atom stereocenters. The van der Waals surface area contributed by atoms with Gasteiger partial charge < -0.3 is 14.8 Å². The van der Waals surface area contributed by atoms with Crippen molar-refractivity contribution in [1.82, 2.24) is 5.32 Å². The Bertz CT molecular complexity index is 714. The van der Waals surface area contributed by atoms with Gasteiger partial charge in [-0.15, -0.1) is 0 Å². The third-order valence-electron chi connectivity index (χ3n) is 4.43. The Morgan fingerprint density at radius 3 is 2.65 bits per heavy atom. The van der Waals surface area contributed by atoms with Crippen LogP contribution in [-0.4, -0.2) is 19.1 Å². The molecule has 1 heterocycles. The fourth-order valence-electron chi connectivity index (χ4n) is 3.06. The molecule has 2 aromatic carbocycles. The SMILES string of the molecule is O=C(NCc1ccccc1)[C@H]1C[C@@H]1c1ccc2c(c1)OCCO2. The zero-order valence-electron chi connectivity index (χ0n) is 12.8. The highest BCUT2D eigenvalue weighted by Crippen LogP contribution is 2.49. The van der Waals surface area contributed by atoms with E-state index in [-0.39, 0.29) is 11.8 Å². The lowest BCUT2D eigenvalue weighted by molar-refractivity contribution is -0.122. The maximum Gasteiger partial charge on any atom is 0.224 e. The minimum absolute atomic E-state index is 0.0706. The molecule has 2 atom stereocenters. The summed E-state index contributed by atoms with van der Waals surface area (Å²) >= 11 is 0. The van der Waals surface area contributed by atoms with Gasteiger partial charge in [-0.1, -0.05) is 36.4 Å². The summed E-state index contributed by atoms with van der Waals surface area (Å²) in [5, 5.41) is 3.03. The molecule has 0 spiro atoms. The van der Waals surface area contributed by atoms with Crippen molar-refractivity contribution in [3.63, 3.8) is 0 Å². The molecule has 2 aliphatic rings. The van der Waals surface area contributed by atoms with Crippen LogP contribution in [0.25, 0.3) is 0 Å². The maximum atomic E-state index is 12.3. The Labute approximate surface area is 135 Å². The van der Waals surface area contributed by atoms with Gasteiger partial charge in [-0.3, -0.25) is 4.79 Å². The number of hydrogen-bond acceptors (Lipinski definition) is 3. The monoisotopic (exact) mass is 309 g/mol. The number of benzene rings is 2. The number of ether oxygens (including phenoxy) is 2. The summed E-state index contributed by atoms with van der Waals surface area (Å²) in [5.41, 5.74) is 2.28. The smallest absolute Gasteiger partial charge is 0.224 e. The number of rotatable bonds is 4. The van der Waals surface area contributed by atoms with E-state index in [2.05, 4.69) is 5.32 Å². The van der Waals surface area contributed by atoms with Gasteiger partial charge in [0.25, 0.3) is 0 Å². The van der Waals surface area contributed by atoms with E-state index in [9.17, 15) is 4.79 Å². The van der Waals surface area contributed by atoms with Gasteiger partial charge in [0, 0.05) is 12.5 Å². The van der Waals surface area contributed by atoms with Gasteiger partial charge >= 0.3 is 0 Å². The second-order valence-corrected chi connectivity index (χ2v) is 6.06. The number of amides is 1. The van der Waals surface area contributed by atoms with Crippen molar-refractivity contribution in [1.29, 1.82) is 0 Å². The van der Waals surface area contributed by atoms with E-state index in [4.69, 9.17) is 9.47 Å². The summed E-state index contributed by atoms with van der Waals surface area (Å²) in [5.74, 6) is 2.09. The van der Waals surface area contributed by atoms with E-state index in [0.717, 1.165) is 29.0 Å². The molecule has 23 heavy (non-hydrogen) atoms. The number of nitrogens with one attached hydrogen (secondary N) is 1. The maximum absolute atomic E-state index is 12.3. The van der Waals surface area contributed by atoms with Crippen LogP contribution >= 0.6 is 0 Å². The van der Waals surface area contributed by atoms with Crippen LogP contribution in [0.5, 0.6) is 11.5 Å². The molecule has 1 N–H and O–H groups in total. The van der Waals surface area contributed by atoms with Crippen LogP contribution in [0.4, 0.5) is 0 Å². The summed E-state index contributed by atoms with van der Waals surface area (Å²) < 4.78 is 11.2. The van der Waals surface area contributed by atoms with Gasteiger partial charge in [0.2, 0.25) is 5.91 Å². The Morgan fingerprint density at radius 1 is 1.04 bits per heavy atom. The van der Waals surface area contributed by atoms with Crippen molar-refractivity contribution < 1.29 is 14.3 Å².